The van der Waals surface area contributed by atoms with Crippen LogP contribution in [0, 0.1) is 0 Å². The summed E-state index contributed by atoms with van der Waals surface area (Å²) < 4.78 is 24.6. The van der Waals surface area contributed by atoms with Crippen molar-refractivity contribution in [1.29, 1.82) is 0 Å². The number of rotatable bonds is 2. The Balaban J connectivity index is 3.34. The second-order valence-electron chi connectivity index (χ2n) is 2.32. The summed E-state index contributed by atoms with van der Waals surface area (Å²) in [5.74, 6) is -1.31. The van der Waals surface area contributed by atoms with Gasteiger partial charge in [0, 0.05) is 6.20 Å². The van der Waals surface area contributed by atoms with E-state index in [2.05, 4.69) is 4.98 Å². The molecule has 0 radical (unpaired) electrons. The van der Waals surface area contributed by atoms with Crippen LogP contribution in [0.5, 0.6) is 0 Å². The quantitative estimate of drug-likeness (QED) is 0.714. The van der Waals surface area contributed by atoms with Gasteiger partial charge in [-0.3, -0.25) is 4.79 Å². The third-order valence-electron chi connectivity index (χ3n) is 1.50. The molecular formula is C7H7F2N3O. The standard InChI is InChI=1S/C7H7F2N3O/c8-5(9)4-3(7(11)13)1-2-12-6(4)10/h1-2,5H,(H2,10,12)(H2,11,13). The van der Waals surface area contributed by atoms with Crippen molar-refractivity contribution in [2.75, 3.05) is 5.73 Å². The number of carbonyl (C=O) groups excluding carboxylic acids is 1. The Morgan fingerprint density at radius 2 is 2.15 bits per heavy atom. The number of nitrogen functional groups attached to an aromatic ring is 1. The average molecular weight is 187 g/mol. The summed E-state index contributed by atoms with van der Waals surface area (Å²) in [6.45, 7) is 0. The summed E-state index contributed by atoms with van der Waals surface area (Å²) in [4.78, 5) is 14.1. The van der Waals surface area contributed by atoms with E-state index in [-0.39, 0.29) is 11.4 Å². The first kappa shape index (κ1) is 9.37. The highest BCUT2D eigenvalue weighted by Gasteiger charge is 2.19. The van der Waals surface area contributed by atoms with Gasteiger partial charge in [-0.1, -0.05) is 0 Å². The molecule has 0 aliphatic heterocycles. The summed E-state index contributed by atoms with van der Waals surface area (Å²) >= 11 is 0. The number of carbonyl (C=O) groups is 1. The molecule has 4 nitrogen and oxygen atoms in total. The van der Waals surface area contributed by atoms with Crippen molar-refractivity contribution in [3.05, 3.63) is 23.4 Å². The number of primary amides is 1. The number of aromatic nitrogens is 1. The molecule has 1 aromatic rings. The van der Waals surface area contributed by atoms with Crippen molar-refractivity contribution in [3.63, 3.8) is 0 Å². The first-order valence-corrected chi connectivity index (χ1v) is 3.36. The number of pyridine rings is 1. The first-order chi connectivity index (χ1) is 6.04. The van der Waals surface area contributed by atoms with E-state index in [1.165, 1.54) is 0 Å². The fourth-order valence-electron chi connectivity index (χ4n) is 0.934. The number of anilines is 1. The van der Waals surface area contributed by atoms with E-state index < -0.39 is 17.9 Å². The number of halogens is 2. The maximum absolute atomic E-state index is 12.3. The van der Waals surface area contributed by atoms with Crippen LogP contribution >= 0.6 is 0 Å². The van der Waals surface area contributed by atoms with Gasteiger partial charge < -0.3 is 11.5 Å². The van der Waals surface area contributed by atoms with Gasteiger partial charge in [-0.15, -0.1) is 0 Å². The predicted octanol–water partition coefficient (Wildman–Crippen LogP) is 0.700. The number of nitrogens with two attached hydrogens (primary N) is 2. The fraction of sp³-hybridized carbons (Fsp3) is 0.143. The zero-order valence-corrected chi connectivity index (χ0v) is 6.50. The number of hydrogen-bond donors (Lipinski definition) is 2. The lowest BCUT2D eigenvalue weighted by atomic mass is 10.1. The molecular weight excluding hydrogens is 180 g/mol. The minimum absolute atomic E-state index is 0.289. The molecule has 0 saturated heterocycles. The van der Waals surface area contributed by atoms with Gasteiger partial charge in [0.05, 0.1) is 11.1 Å². The molecule has 0 aliphatic carbocycles. The van der Waals surface area contributed by atoms with E-state index in [9.17, 15) is 13.6 Å². The molecule has 70 valence electrons. The highest BCUT2D eigenvalue weighted by Crippen LogP contribution is 2.26. The minimum atomic E-state index is -2.85. The molecule has 0 atom stereocenters. The summed E-state index contributed by atoms with van der Waals surface area (Å²) in [5, 5.41) is 0. The fourth-order valence-corrected chi connectivity index (χ4v) is 0.934. The van der Waals surface area contributed by atoms with Crippen molar-refractivity contribution in [3.8, 4) is 0 Å². The highest BCUT2D eigenvalue weighted by molar-refractivity contribution is 5.95. The third kappa shape index (κ3) is 1.71. The molecule has 0 bridgehead atoms. The number of hydrogen-bond acceptors (Lipinski definition) is 3. The van der Waals surface area contributed by atoms with E-state index in [0.29, 0.717) is 0 Å². The molecule has 6 heteroatoms. The maximum Gasteiger partial charge on any atom is 0.268 e. The maximum atomic E-state index is 12.3. The largest absolute Gasteiger partial charge is 0.383 e. The molecule has 1 amide bonds. The lowest BCUT2D eigenvalue weighted by Gasteiger charge is -2.06. The summed E-state index contributed by atoms with van der Waals surface area (Å²) in [5.41, 5.74) is 9.14. The van der Waals surface area contributed by atoms with Gasteiger partial charge >= 0.3 is 0 Å². The van der Waals surface area contributed by atoms with E-state index in [0.717, 1.165) is 12.3 Å². The molecule has 1 heterocycles. The zero-order valence-electron chi connectivity index (χ0n) is 6.50. The Bertz CT molecular complexity index is 341. The molecule has 4 N–H and O–H groups in total. The zero-order chi connectivity index (χ0) is 10.0. The molecule has 0 fully saturated rings. The molecule has 0 aromatic carbocycles. The van der Waals surface area contributed by atoms with Crippen LogP contribution in [0.2, 0.25) is 0 Å². The monoisotopic (exact) mass is 187 g/mol. The van der Waals surface area contributed by atoms with Crippen molar-refractivity contribution >= 4 is 11.7 Å². The van der Waals surface area contributed by atoms with Crippen molar-refractivity contribution in [1.82, 2.24) is 4.98 Å². The average Bonchev–Trinajstić information content (AvgIpc) is 2.02. The minimum Gasteiger partial charge on any atom is -0.383 e. The molecule has 0 spiro atoms. The Kier molecular flexibility index (Phi) is 2.41. The molecule has 1 aromatic heterocycles. The second kappa shape index (κ2) is 3.34. The van der Waals surface area contributed by atoms with Crippen LogP contribution in [-0.2, 0) is 0 Å². The normalized spacial score (nSPS) is 10.4. The molecule has 13 heavy (non-hydrogen) atoms. The molecule has 0 saturated carbocycles. The molecule has 0 aliphatic rings. The number of nitrogens with zero attached hydrogens (tertiary/aromatic N) is 1. The van der Waals surface area contributed by atoms with Crippen LogP contribution in [0.15, 0.2) is 12.3 Å². The summed E-state index contributed by atoms with van der Waals surface area (Å²) in [6, 6.07) is 1.11. The summed E-state index contributed by atoms with van der Waals surface area (Å²) in [6.07, 6.45) is -1.70. The van der Waals surface area contributed by atoms with Gasteiger partial charge in [0.2, 0.25) is 5.91 Å². The Hall–Kier alpha value is -1.72. The van der Waals surface area contributed by atoms with Crippen LogP contribution < -0.4 is 11.5 Å². The Morgan fingerprint density at radius 3 is 2.54 bits per heavy atom. The number of amides is 1. The van der Waals surface area contributed by atoms with Crippen LogP contribution in [0.1, 0.15) is 22.3 Å². The lowest BCUT2D eigenvalue weighted by molar-refractivity contribution is 0.0986. The SMILES string of the molecule is NC(=O)c1ccnc(N)c1C(F)F. The van der Waals surface area contributed by atoms with Crippen molar-refractivity contribution in [2.24, 2.45) is 5.73 Å². The van der Waals surface area contributed by atoms with Gasteiger partial charge in [0.15, 0.2) is 0 Å². The van der Waals surface area contributed by atoms with Crippen molar-refractivity contribution in [2.45, 2.75) is 6.43 Å². The van der Waals surface area contributed by atoms with E-state index >= 15 is 0 Å². The smallest absolute Gasteiger partial charge is 0.268 e. The Labute approximate surface area is 72.6 Å². The predicted molar refractivity (Wildman–Crippen MR) is 42.1 cm³/mol. The summed E-state index contributed by atoms with van der Waals surface area (Å²) in [7, 11) is 0. The van der Waals surface area contributed by atoms with Crippen LogP contribution in [-0.4, -0.2) is 10.9 Å². The third-order valence-corrected chi connectivity index (χ3v) is 1.50. The van der Waals surface area contributed by atoms with Gasteiger partial charge in [-0.05, 0) is 6.07 Å². The van der Waals surface area contributed by atoms with E-state index in [1.807, 2.05) is 0 Å². The van der Waals surface area contributed by atoms with Gasteiger partial charge in [0.25, 0.3) is 6.43 Å². The second-order valence-corrected chi connectivity index (χ2v) is 2.32. The van der Waals surface area contributed by atoms with Crippen molar-refractivity contribution < 1.29 is 13.6 Å². The molecule has 1 rings (SSSR count). The van der Waals surface area contributed by atoms with Gasteiger partial charge in [0.1, 0.15) is 5.82 Å². The van der Waals surface area contributed by atoms with Crippen LogP contribution in [0.25, 0.3) is 0 Å². The van der Waals surface area contributed by atoms with E-state index in [1.54, 1.807) is 0 Å². The van der Waals surface area contributed by atoms with Crippen LogP contribution in [0.3, 0.4) is 0 Å². The van der Waals surface area contributed by atoms with Gasteiger partial charge in [-0.25, -0.2) is 13.8 Å². The number of alkyl halides is 2. The Morgan fingerprint density at radius 1 is 1.54 bits per heavy atom. The van der Waals surface area contributed by atoms with Gasteiger partial charge in [-0.2, -0.15) is 0 Å². The van der Waals surface area contributed by atoms with Crippen LogP contribution in [0.4, 0.5) is 14.6 Å². The first-order valence-electron chi connectivity index (χ1n) is 3.36. The topological polar surface area (TPSA) is 82.0 Å². The lowest BCUT2D eigenvalue weighted by Crippen LogP contribution is -2.15. The van der Waals surface area contributed by atoms with E-state index in [4.69, 9.17) is 11.5 Å². The molecule has 0 unspecified atom stereocenters. The highest BCUT2D eigenvalue weighted by atomic mass is 19.3.